The fourth-order valence-electron chi connectivity index (χ4n) is 2.02. The maximum absolute atomic E-state index is 5.45. The van der Waals surface area contributed by atoms with E-state index in [1.807, 2.05) is 36.2 Å². The lowest BCUT2D eigenvalue weighted by atomic mass is 10.1. The van der Waals surface area contributed by atoms with Crippen molar-refractivity contribution >= 4 is 23.0 Å². The highest BCUT2D eigenvalue weighted by Crippen LogP contribution is 2.12. The van der Waals surface area contributed by atoms with Gasteiger partial charge in [-0.25, -0.2) is 0 Å². The zero-order chi connectivity index (χ0) is 14.4. The first-order chi connectivity index (χ1) is 9.69. The van der Waals surface area contributed by atoms with E-state index in [0.717, 1.165) is 23.8 Å². The molecule has 0 spiro atoms. The number of aryl methyl sites for hydroxylation is 1. The van der Waals surface area contributed by atoms with Crippen LogP contribution in [0.4, 0.5) is 5.69 Å². The van der Waals surface area contributed by atoms with Gasteiger partial charge in [-0.05, 0) is 41.9 Å². The van der Waals surface area contributed by atoms with E-state index in [0.29, 0.717) is 0 Å². The van der Waals surface area contributed by atoms with Gasteiger partial charge in [-0.15, -0.1) is 0 Å². The summed E-state index contributed by atoms with van der Waals surface area (Å²) in [6.45, 7) is 2.96. The minimum absolute atomic E-state index is 0.738. The van der Waals surface area contributed by atoms with Crippen LogP contribution in [0.5, 0.6) is 0 Å². The van der Waals surface area contributed by atoms with E-state index in [4.69, 9.17) is 12.2 Å². The second-order valence-electron chi connectivity index (χ2n) is 4.83. The first kappa shape index (κ1) is 14.5. The molecule has 0 bridgehead atoms. The molecule has 0 saturated carbocycles. The van der Waals surface area contributed by atoms with E-state index in [9.17, 15) is 0 Å². The summed E-state index contributed by atoms with van der Waals surface area (Å²) >= 11 is 5.45. The summed E-state index contributed by atoms with van der Waals surface area (Å²) in [7, 11) is 2.01. The maximum atomic E-state index is 5.45. The summed E-state index contributed by atoms with van der Waals surface area (Å²) in [5.41, 5.74) is 3.61. The van der Waals surface area contributed by atoms with Crippen molar-refractivity contribution in [1.29, 1.82) is 0 Å². The summed E-state index contributed by atoms with van der Waals surface area (Å²) in [5.74, 6) is 0. The Balaban J connectivity index is 1.97. The van der Waals surface area contributed by atoms with Crippen LogP contribution in [0.3, 0.4) is 0 Å². The summed E-state index contributed by atoms with van der Waals surface area (Å²) in [6.07, 6.45) is 1.03. The van der Waals surface area contributed by atoms with Crippen molar-refractivity contribution in [2.75, 3.05) is 12.4 Å². The second-order valence-corrected chi connectivity index (χ2v) is 5.21. The van der Waals surface area contributed by atoms with Gasteiger partial charge in [0.1, 0.15) is 0 Å². The average molecular weight is 284 g/mol. The monoisotopic (exact) mass is 284 g/mol. The molecule has 1 N–H and O–H groups in total. The maximum Gasteiger partial charge on any atom is 0.173 e. The Bertz CT molecular complexity index is 566. The smallest absolute Gasteiger partial charge is 0.173 e. The molecule has 2 nitrogen and oxygen atoms in total. The molecule has 0 aliphatic carbocycles. The van der Waals surface area contributed by atoms with Crippen molar-refractivity contribution in [3.8, 4) is 0 Å². The van der Waals surface area contributed by atoms with E-state index in [1.54, 1.807) is 0 Å². The molecule has 2 aromatic carbocycles. The van der Waals surface area contributed by atoms with Gasteiger partial charge >= 0.3 is 0 Å². The number of thiocarbonyl (C=S) groups is 1. The predicted octanol–water partition coefficient (Wildman–Crippen LogP) is 4.08. The van der Waals surface area contributed by atoms with Crippen molar-refractivity contribution < 1.29 is 0 Å². The Hall–Kier alpha value is -1.87. The third kappa shape index (κ3) is 4.07. The zero-order valence-electron chi connectivity index (χ0n) is 12.0. The Morgan fingerprint density at radius 3 is 2.45 bits per heavy atom. The van der Waals surface area contributed by atoms with Gasteiger partial charge in [-0.2, -0.15) is 0 Å². The molecule has 0 unspecified atom stereocenters. The molecule has 0 heterocycles. The normalized spacial score (nSPS) is 10.1. The van der Waals surface area contributed by atoms with Crippen LogP contribution >= 0.6 is 12.2 Å². The SMILES string of the molecule is CCc1cccc(NC(=S)N(C)Cc2ccccc2)c1. The Kier molecular flexibility index (Phi) is 5.13. The lowest BCUT2D eigenvalue weighted by molar-refractivity contribution is 0.508. The van der Waals surface area contributed by atoms with E-state index in [1.165, 1.54) is 11.1 Å². The summed E-state index contributed by atoms with van der Waals surface area (Å²) in [4.78, 5) is 2.04. The lowest BCUT2D eigenvalue weighted by Crippen LogP contribution is -2.30. The van der Waals surface area contributed by atoms with Gasteiger partial charge < -0.3 is 10.2 Å². The van der Waals surface area contributed by atoms with Crippen LogP contribution in [0.1, 0.15) is 18.1 Å². The van der Waals surface area contributed by atoms with E-state index >= 15 is 0 Å². The highest BCUT2D eigenvalue weighted by molar-refractivity contribution is 7.80. The predicted molar refractivity (Wildman–Crippen MR) is 89.9 cm³/mol. The van der Waals surface area contributed by atoms with Crippen LogP contribution in [0.15, 0.2) is 54.6 Å². The number of nitrogens with zero attached hydrogens (tertiary/aromatic N) is 1. The molecule has 0 amide bonds. The molecule has 2 rings (SSSR count). The molecular formula is C17H20N2S. The Labute approximate surface area is 126 Å². The highest BCUT2D eigenvalue weighted by atomic mass is 32.1. The molecule has 0 saturated heterocycles. The number of rotatable bonds is 4. The molecular weight excluding hydrogens is 264 g/mol. The second kappa shape index (κ2) is 7.06. The minimum atomic E-state index is 0.738. The molecule has 0 aromatic heterocycles. The van der Waals surface area contributed by atoms with Gasteiger partial charge in [0.2, 0.25) is 0 Å². The van der Waals surface area contributed by atoms with Crippen LogP contribution in [0, 0.1) is 0 Å². The van der Waals surface area contributed by atoms with Crippen molar-refractivity contribution in [1.82, 2.24) is 4.90 Å². The number of hydrogen-bond acceptors (Lipinski definition) is 1. The summed E-state index contributed by atoms with van der Waals surface area (Å²) < 4.78 is 0. The van der Waals surface area contributed by atoms with E-state index in [-0.39, 0.29) is 0 Å². The molecule has 3 heteroatoms. The van der Waals surface area contributed by atoms with Crippen LogP contribution < -0.4 is 5.32 Å². The topological polar surface area (TPSA) is 15.3 Å². The first-order valence-corrected chi connectivity index (χ1v) is 7.25. The van der Waals surface area contributed by atoms with E-state index < -0.39 is 0 Å². The van der Waals surface area contributed by atoms with Crippen molar-refractivity contribution in [3.63, 3.8) is 0 Å². The number of nitrogens with one attached hydrogen (secondary N) is 1. The van der Waals surface area contributed by atoms with Crippen molar-refractivity contribution in [2.24, 2.45) is 0 Å². The van der Waals surface area contributed by atoms with Gasteiger partial charge in [0, 0.05) is 19.3 Å². The molecule has 2 aromatic rings. The zero-order valence-corrected chi connectivity index (χ0v) is 12.8. The van der Waals surface area contributed by atoms with Crippen molar-refractivity contribution in [2.45, 2.75) is 19.9 Å². The van der Waals surface area contributed by atoms with Crippen LogP contribution in [-0.2, 0) is 13.0 Å². The van der Waals surface area contributed by atoms with Gasteiger partial charge in [0.05, 0.1) is 0 Å². The Morgan fingerprint density at radius 1 is 1.05 bits per heavy atom. The van der Waals surface area contributed by atoms with Crippen molar-refractivity contribution in [3.05, 3.63) is 65.7 Å². The van der Waals surface area contributed by atoms with Crippen LogP contribution in [-0.4, -0.2) is 17.1 Å². The molecule has 0 radical (unpaired) electrons. The summed E-state index contributed by atoms with van der Waals surface area (Å²) in [6, 6.07) is 18.7. The first-order valence-electron chi connectivity index (χ1n) is 6.84. The molecule has 0 fully saturated rings. The largest absolute Gasteiger partial charge is 0.348 e. The molecule has 20 heavy (non-hydrogen) atoms. The number of hydrogen-bond donors (Lipinski definition) is 1. The summed E-state index contributed by atoms with van der Waals surface area (Å²) in [5, 5.41) is 4.03. The third-order valence-corrected chi connectivity index (χ3v) is 3.61. The average Bonchev–Trinajstić information content (AvgIpc) is 2.48. The fourth-order valence-corrected chi connectivity index (χ4v) is 2.20. The number of anilines is 1. The van der Waals surface area contributed by atoms with Gasteiger partial charge in [0.15, 0.2) is 5.11 Å². The minimum Gasteiger partial charge on any atom is -0.348 e. The van der Waals surface area contributed by atoms with Crippen LogP contribution in [0.2, 0.25) is 0 Å². The van der Waals surface area contributed by atoms with Gasteiger partial charge in [-0.3, -0.25) is 0 Å². The van der Waals surface area contributed by atoms with E-state index in [2.05, 4.69) is 42.6 Å². The number of benzene rings is 2. The lowest BCUT2D eigenvalue weighted by Gasteiger charge is -2.21. The van der Waals surface area contributed by atoms with Gasteiger partial charge in [-0.1, -0.05) is 49.4 Å². The fraction of sp³-hybridized carbons (Fsp3) is 0.235. The quantitative estimate of drug-likeness (QED) is 0.852. The molecule has 104 valence electrons. The molecule has 0 aliphatic rings. The standard InChI is InChI=1S/C17H20N2S/c1-3-14-10-7-11-16(12-14)18-17(20)19(2)13-15-8-5-4-6-9-15/h4-12H,3,13H2,1-2H3,(H,18,20). The Morgan fingerprint density at radius 2 is 1.75 bits per heavy atom. The van der Waals surface area contributed by atoms with Gasteiger partial charge in [0.25, 0.3) is 0 Å². The highest BCUT2D eigenvalue weighted by Gasteiger charge is 2.05. The third-order valence-electron chi connectivity index (χ3n) is 3.20. The molecule has 0 aliphatic heterocycles. The molecule has 0 atom stereocenters. The van der Waals surface area contributed by atoms with Crippen LogP contribution in [0.25, 0.3) is 0 Å².